The van der Waals surface area contributed by atoms with E-state index >= 15 is 0 Å². The van der Waals surface area contributed by atoms with Crippen molar-refractivity contribution in [1.29, 1.82) is 0 Å². The molecule has 248 valence electrons. The molecule has 48 heavy (non-hydrogen) atoms. The van der Waals surface area contributed by atoms with Crippen molar-refractivity contribution in [1.82, 2.24) is 30.4 Å². The van der Waals surface area contributed by atoms with Gasteiger partial charge in [-0.3, -0.25) is 19.8 Å². The van der Waals surface area contributed by atoms with Crippen molar-refractivity contribution in [2.24, 2.45) is 0 Å². The number of carbonyl (C=O) groups is 2. The molecule has 6 aromatic rings. The Morgan fingerprint density at radius 3 is 1.71 bits per heavy atom. The van der Waals surface area contributed by atoms with Gasteiger partial charge in [-0.25, -0.2) is 9.97 Å². The zero-order valence-corrected chi connectivity index (χ0v) is 29.3. The predicted molar refractivity (Wildman–Crippen MR) is 197 cm³/mol. The molecule has 0 bridgehead atoms. The van der Waals surface area contributed by atoms with Gasteiger partial charge >= 0.3 is 0 Å². The quantitative estimate of drug-likeness (QED) is 0.0483. The molecule has 4 heterocycles. The van der Waals surface area contributed by atoms with Crippen molar-refractivity contribution in [3.63, 3.8) is 0 Å². The summed E-state index contributed by atoms with van der Waals surface area (Å²) >= 11 is 5.33. The van der Waals surface area contributed by atoms with Crippen molar-refractivity contribution in [3.05, 3.63) is 108 Å². The Balaban J connectivity index is 0.000000207. The third kappa shape index (κ3) is 11.0. The number of thioether (sulfide) groups is 2. The minimum atomic E-state index is -1.29. The molecular weight excluding hydrogens is 685 g/mol. The van der Waals surface area contributed by atoms with Crippen LogP contribution >= 0.6 is 46.2 Å². The molecule has 2 amide bonds. The normalized spacial score (nSPS) is 11.6. The highest BCUT2D eigenvalue weighted by atomic mass is 32.2. The molecule has 0 spiro atoms. The highest BCUT2D eigenvalue weighted by molar-refractivity contribution is 8.00. The molecule has 6 rings (SSSR count). The van der Waals surface area contributed by atoms with Crippen molar-refractivity contribution in [2.45, 2.75) is 41.3 Å². The third-order valence-electron chi connectivity index (χ3n) is 5.88. The fourth-order valence-corrected chi connectivity index (χ4v) is 6.59. The van der Waals surface area contributed by atoms with E-state index in [0.29, 0.717) is 34.1 Å². The molecule has 0 aliphatic carbocycles. The summed E-state index contributed by atoms with van der Waals surface area (Å²) in [5.41, 5.74) is 0.111. The lowest BCUT2D eigenvalue weighted by Crippen LogP contribution is -2.24. The largest absolute Gasteiger partial charge is 0.373 e. The van der Waals surface area contributed by atoms with Gasteiger partial charge in [0.15, 0.2) is 17.1 Å². The zero-order valence-electron chi connectivity index (χ0n) is 26.1. The van der Waals surface area contributed by atoms with Crippen molar-refractivity contribution in [2.75, 3.05) is 10.6 Å². The second-order valence-electron chi connectivity index (χ2n) is 9.20. The number of nitrogens with zero attached hydrogens (tertiary/aromatic N) is 4. The van der Waals surface area contributed by atoms with E-state index in [1.807, 2.05) is 85.3 Å². The Morgan fingerprint density at radius 2 is 1.25 bits per heavy atom. The van der Waals surface area contributed by atoms with E-state index in [1.165, 1.54) is 23.1 Å². The monoisotopic (exact) mass is 718 g/mol. The van der Waals surface area contributed by atoms with Crippen LogP contribution in [-0.4, -0.2) is 58.0 Å². The van der Waals surface area contributed by atoms with Crippen molar-refractivity contribution >= 4 is 69.4 Å². The topological polar surface area (TPSA) is 162 Å². The van der Waals surface area contributed by atoms with E-state index in [4.69, 9.17) is 0 Å². The number of aromatic amines is 2. The number of allylic oxidation sites excluding steroid dienone is 1. The van der Waals surface area contributed by atoms with Gasteiger partial charge in [0.1, 0.15) is 0 Å². The van der Waals surface area contributed by atoms with Crippen molar-refractivity contribution < 1.29 is 14.7 Å². The summed E-state index contributed by atoms with van der Waals surface area (Å²) in [6.07, 6.45) is 2.27. The number of amides is 2. The van der Waals surface area contributed by atoms with E-state index in [0.717, 1.165) is 27.2 Å². The molecule has 0 aliphatic heterocycles. The molecule has 2 aromatic carbocycles. The number of para-hydroxylation sites is 2. The lowest BCUT2D eigenvalue weighted by atomic mass is 10.2. The zero-order chi connectivity index (χ0) is 34.1. The van der Waals surface area contributed by atoms with Gasteiger partial charge in [-0.05, 0) is 65.3 Å². The first-order chi connectivity index (χ1) is 23.5. The minimum absolute atomic E-state index is 0.0893. The second kappa shape index (κ2) is 19.3. The lowest BCUT2D eigenvalue weighted by Gasteiger charge is -2.13. The number of anilines is 2. The summed E-state index contributed by atoms with van der Waals surface area (Å²) in [5.74, 6) is 0.730. The molecule has 2 unspecified atom stereocenters. The standard InChI is InChI=1S/C17H16N4OS2.C14H12N4O2S2.C2H6/c1-2-7-14(16(22)18-12-8-4-3-5-9-12)24-17-19-15(20-21-17)13-10-6-11-23-13;19-12(15-9-5-2-1-3-6-9)13(20)22-14-16-11(17-18-14)10-7-4-8-21-10;1-2/h2-6,8-11,14H,1,7H2,(H,18,22)(H,19,20,21);1-8,13,20H,(H,15,19)(H,16,17,18);1-2H3. The van der Waals surface area contributed by atoms with Crippen LogP contribution in [0.25, 0.3) is 21.4 Å². The maximum Gasteiger partial charge on any atom is 0.264 e. The van der Waals surface area contributed by atoms with E-state index < -0.39 is 11.3 Å². The Bertz CT molecular complexity index is 1810. The van der Waals surface area contributed by atoms with Gasteiger partial charge in [0, 0.05) is 11.4 Å². The van der Waals surface area contributed by atoms with Crippen LogP contribution in [0.5, 0.6) is 0 Å². The van der Waals surface area contributed by atoms with Crippen LogP contribution < -0.4 is 10.6 Å². The number of H-pyrrole nitrogens is 2. The Morgan fingerprint density at radius 1 is 0.771 bits per heavy atom. The van der Waals surface area contributed by atoms with Crippen LogP contribution in [0.2, 0.25) is 0 Å². The molecular formula is C33H34N8O3S4. The van der Waals surface area contributed by atoms with Crippen LogP contribution in [0, 0.1) is 0 Å². The number of rotatable bonds is 12. The average Bonchev–Trinajstić information content (AvgIpc) is 3.95. The van der Waals surface area contributed by atoms with E-state index in [2.05, 4.69) is 47.6 Å². The van der Waals surface area contributed by atoms with Crippen LogP contribution in [0.4, 0.5) is 11.4 Å². The second-order valence-corrected chi connectivity index (χ2v) is 13.3. The molecule has 11 nitrogen and oxygen atoms in total. The smallest absolute Gasteiger partial charge is 0.264 e. The number of hydrogen-bond donors (Lipinski definition) is 5. The first-order valence-corrected chi connectivity index (χ1v) is 18.3. The fourth-order valence-electron chi connectivity index (χ4n) is 3.76. The number of aliphatic hydroxyl groups is 1. The Labute approximate surface area is 294 Å². The number of aromatic nitrogens is 6. The summed E-state index contributed by atoms with van der Waals surface area (Å²) in [6, 6.07) is 26.1. The van der Waals surface area contributed by atoms with Gasteiger partial charge in [-0.2, -0.15) is 0 Å². The molecule has 5 N–H and O–H groups in total. The summed E-state index contributed by atoms with van der Waals surface area (Å²) in [7, 11) is 0. The minimum Gasteiger partial charge on any atom is -0.373 e. The highest BCUT2D eigenvalue weighted by Crippen LogP contribution is 2.28. The number of aliphatic hydroxyl groups excluding tert-OH is 1. The van der Waals surface area contributed by atoms with Gasteiger partial charge in [0.25, 0.3) is 5.91 Å². The fraction of sp³-hybridized carbons (Fsp3) is 0.152. The van der Waals surface area contributed by atoms with Crippen LogP contribution in [-0.2, 0) is 9.59 Å². The van der Waals surface area contributed by atoms with E-state index in [9.17, 15) is 14.7 Å². The molecule has 2 atom stereocenters. The summed E-state index contributed by atoms with van der Waals surface area (Å²) in [5, 5.41) is 33.8. The summed E-state index contributed by atoms with van der Waals surface area (Å²) in [4.78, 5) is 35.1. The van der Waals surface area contributed by atoms with Gasteiger partial charge in [-0.15, -0.1) is 39.4 Å². The summed E-state index contributed by atoms with van der Waals surface area (Å²) < 4.78 is 0. The third-order valence-corrected chi connectivity index (χ3v) is 9.55. The Hall–Kier alpha value is -4.54. The van der Waals surface area contributed by atoms with Gasteiger partial charge in [-0.1, -0.05) is 80.2 Å². The molecule has 0 aliphatic rings. The number of nitrogens with one attached hydrogen (secondary N) is 4. The highest BCUT2D eigenvalue weighted by Gasteiger charge is 2.22. The van der Waals surface area contributed by atoms with Gasteiger partial charge < -0.3 is 15.7 Å². The molecule has 0 saturated heterocycles. The SMILES string of the molecule is C=CCC(Sc1n[nH]c(-c2cccs2)n1)C(=O)Nc1ccccc1.CC.O=C(Nc1ccccc1)C(O)Sc1n[nH]c(-c2cccs2)n1. The van der Waals surface area contributed by atoms with Gasteiger partial charge in [0.2, 0.25) is 16.2 Å². The van der Waals surface area contributed by atoms with E-state index in [-0.39, 0.29) is 11.2 Å². The molecule has 15 heteroatoms. The summed E-state index contributed by atoms with van der Waals surface area (Å²) in [6.45, 7) is 7.74. The number of carbonyl (C=O) groups excluding carboxylic acids is 2. The van der Waals surface area contributed by atoms with Gasteiger partial charge in [0.05, 0.1) is 15.0 Å². The average molecular weight is 719 g/mol. The van der Waals surface area contributed by atoms with Crippen LogP contribution in [0.1, 0.15) is 20.3 Å². The maximum absolute atomic E-state index is 12.5. The van der Waals surface area contributed by atoms with Crippen LogP contribution in [0.3, 0.4) is 0 Å². The number of benzene rings is 2. The van der Waals surface area contributed by atoms with Crippen LogP contribution in [0.15, 0.2) is 119 Å². The molecule has 4 aromatic heterocycles. The Kier molecular flexibility index (Phi) is 14.6. The molecule has 0 radical (unpaired) electrons. The lowest BCUT2D eigenvalue weighted by molar-refractivity contribution is -0.120. The predicted octanol–water partition coefficient (Wildman–Crippen LogP) is 7.82. The first kappa shape index (κ1) is 36.3. The maximum atomic E-state index is 12.5. The van der Waals surface area contributed by atoms with Crippen molar-refractivity contribution in [3.8, 4) is 21.4 Å². The van der Waals surface area contributed by atoms with E-state index in [1.54, 1.807) is 41.7 Å². The number of thiophene rings is 2. The first-order valence-electron chi connectivity index (χ1n) is 14.7. The molecule has 0 fully saturated rings. The molecule has 0 saturated carbocycles. The number of hydrogen-bond acceptors (Lipinski definition) is 11.